The molecule has 9 nitrogen and oxygen atoms in total. The minimum absolute atomic E-state index is 0.0549. The molecule has 0 bridgehead atoms. The lowest BCUT2D eigenvalue weighted by Crippen LogP contribution is -2.47. The van der Waals surface area contributed by atoms with Crippen molar-refractivity contribution in [1.29, 1.82) is 0 Å². The van der Waals surface area contributed by atoms with Crippen molar-refractivity contribution < 1.29 is 32.2 Å². The molecule has 2 atom stereocenters. The van der Waals surface area contributed by atoms with Crippen LogP contribution in [0.15, 0.2) is 47.4 Å². The van der Waals surface area contributed by atoms with Gasteiger partial charge in [-0.3, -0.25) is 4.79 Å². The maximum absolute atomic E-state index is 13.6. The van der Waals surface area contributed by atoms with Gasteiger partial charge < -0.3 is 19.1 Å². The van der Waals surface area contributed by atoms with Crippen LogP contribution in [0.1, 0.15) is 36.5 Å². The third kappa shape index (κ3) is 4.35. The summed E-state index contributed by atoms with van der Waals surface area (Å²) in [5.74, 6) is -0.537. The number of sulfonamides is 1. The quantitative estimate of drug-likeness (QED) is 0.597. The number of piperidine rings is 1. The van der Waals surface area contributed by atoms with Crippen LogP contribution in [0.5, 0.6) is 11.5 Å². The summed E-state index contributed by atoms with van der Waals surface area (Å²) in [6, 6.07) is 11.1. The fourth-order valence-electron chi connectivity index (χ4n) is 4.40. The Bertz CT molecular complexity index is 1200. The van der Waals surface area contributed by atoms with E-state index >= 15 is 0 Å². The van der Waals surface area contributed by atoms with Crippen molar-refractivity contribution in [1.82, 2.24) is 4.31 Å². The molecule has 1 amide bonds. The second-order valence-corrected chi connectivity index (χ2v) is 10.2. The summed E-state index contributed by atoms with van der Waals surface area (Å²) in [4.78, 5) is 27.1. The molecule has 2 aliphatic heterocycles. The minimum Gasteiger partial charge on any atom is -0.495 e. The molecule has 2 aliphatic rings. The number of anilines is 1. The lowest BCUT2D eigenvalue weighted by Gasteiger charge is -2.34. The minimum atomic E-state index is -3.89. The number of benzene rings is 2. The summed E-state index contributed by atoms with van der Waals surface area (Å²) in [6.45, 7) is 2.23. The van der Waals surface area contributed by atoms with Gasteiger partial charge in [-0.25, -0.2) is 13.2 Å². The van der Waals surface area contributed by atoms with Crippen LogP contribution in [-0.2, 0) is 19.6 Å². The van der Waals surface area contributed by atoms with E-state index in [1.165, 1.54) is 41.6 Å². The molecular weight excluding hydrogens is 460 g/mol. The Morgan fingerprint density at radius 3 is 2.56 bits per heavy atom. The molecule has 2 heterocycles. The number of ether oxygens (including phenoxy) is 3. The highest BCUT2D eigenvalue weighted by atomic mass is 32.2. The zero-order chi connectivity index (χ0) is 24.5. The van der Waals surface area contributed by atoms with Crippen molar-refractivity contribution in [3.63, 3.8) is 0 Å². The Hall–Kier alpha value is -3.11. The third-order valence-corrected chi connectivity index (χ3v) is 8.26. The van der Waals surface area contributed by atoms with E-state index in [1.54, 1.807) is 24.3 Å². The van der Waals surface area contributed by atoms with Crippen molar-refractivity contribution >= 4 is 27.6 Å². The summed E-state index contributed by atoms with van der Waals surface area (Å²) in [5, 5.41) is 0. The number of carbonyl (C=O) groups is 2. The van der Waals surface area contributed by atoms with Gasteiger partial charge in [0, 0.05) is 18.2 Å². The smallest absolute Gasteiger partial charge is 0.348 e. The van der Waals surface area contributed by atoms with Crippen LogP contribution in [-0.4, -0.2) is 64.1 Å². The number of nitrogens with zero attached hydrogens (tertiary/aromatic N) is 2. The molecule has 0 spiro atoms. The molecule has 0 radical (unpaired) electrons. The highest BCUT2D eigenvalue weighted by Gasteiger charge is 2.37. The molecule has 1 saturated heterocycles. The summed E-state index contributed by atoms with van der Waals surface area (Å²) in [5.41, 5.74) is 0.641. The third-order valence-electron chi connectivity index (χ3n) is 6.22. The molecule has 1 fully saturated rings. The molecule has 2 aromatic carbocycles. The first-order valence-electron chi connectivity index (χ1n) is 11.1. The number of para-hydroxylation sites is 2. The number of amides is 1. The van der Waals surface area contributed by atoms with E-state index in [0.717, 1.165) is 19.3 Å². The van der Waals surface area contributed by atoms with Gasteiger partial charge in [-0.2, -0.15) is 4.31 Å². The van der Waals surface area contributed by atoms with E-state index in [2.05, 4.69) is 0 Å². The van der Waals surface area contributed by atoms with Gasteiger partial charge in [-0.15, -0.1) is 0 Å². The molecule has 0 saturated carbocycles. The largest absolute Gasteiger partial charge is 0.495 e. The van der Waals surface area contributed by atoms with Gasteiger partial charge in [0.15, 0.2) is 0 Å². The standard InChI is InChI=1S/C24H28N2O7S/c1-16-8-6-7-13-26(16)34(29,30)22-14-17(11-12-20(22)31-2)23(27)25-15-21(24(28)32-3)33-19-10-5-4-9-18(19)25/h4-5,9-12,14,16,21H,6-8,13,15H2,1-3H3. The number of methoxy groups -OCH3 is 2. The predicted molar refractivity (Wildman–Crippen MR) is 125 cm³/mol. The van der Waals surface area contributed by atoms with E-state index in [1.807, 2.05) is 6.92 Å². The molecule has 2 aromatic rings. The monoisotopic (exact) mass is 488 g/mol. The first kappa shape index (κ1) is 24.0. The number of fused-ring (bicyclic) bond motifs is 1. The Morgan fingerprint density at radius 2 is 1.85 bits per heavy atom. The molecule has 182 valence electrons. The summed E-state index contributed by atoms with van der Waals surface area (Å²) in [6.07, 6.45) is 1.53. The first-order valence-corrected chi connectivity index (χ1v) is 12.6. The van der Waals surface area contributed by atoms with Crippen LogP contribution in [0.25, 0.3) is 0 Å². The van der Waals surface area contributed by atoms with Crippen molar-refractivity contribution in [2.45, 2.75) is 43.2 Å². The predicted octanol–water partition coefficient (Wildman–Crippen LogP) is 2.84. The molecular formula is C24H28N2O7S. The van der Waals surface area contributed by atoms with Crippen LogP contribution in [0.3, 0.4) is 0 Å². The lowest BCUT2D eigenvalue weighted by atomic mass is 10.1. The Morgan fingerprint density at radius 1 is 1.09 bits per heavy atom. The van der Waals surface area contributed by atoms with Gasteiger partial charge in [-0.05, 0) is 50.1 Å². The van der Waals surface area contributed by atoms with Crippen LogP contribution < -0.4 is 14.4 Å². The number of rotatable bonds is 5. The normalized spacial score (nSPS) is 20.7. The van der Waals surface area contributed by atoms with Gasteiger partial charge in [0.25, 0.3) is 5.91 Å². The molecule has 0 aromatic heterocycles. The molecule has 34 heavy (non-hydrogen) atoms. The van der Waals surface area contributed by atoms with Gasteiger partial charge in [0.05, 0.1) is 26.5 Å². The maximum atomic E-state index is 13.6. The zero-order valence-corrected chi connectivity index (χ0v) is 20.2. The number of esters is 1. The van der Waals surface area contributed by atoms with Gasteiger partial charge >= 0.3 is 5.97 Å². The van der Waals surface area contributed by atoms with Gasteiger partial charge in [0.1, 0.15) is 16.4 Å². The van der Waals surface area contributed by atoms with Crippen LogP contribution in [0.4, 0.5) is 5.69 Å². The van der Waals surface area contributed by atoms with E-state index in [9.17, 15) is 18.0 Å². The fourth-order valence-corrected chi connectivity index (χ4v) is 6.29. The summed E-state index contributed by atoms with van der Waals surface area (Å²) >= 11 is 0. The molecule has 2 unspecified atom stereocenters. The van der Waals surface area contributed by atoms with Crippen LogP contribution in [0, 0.1) is 0 Å². The van der Waals surface area contributed by atoms with Crippen LogP contribution >= 0.6 is 0 Å². The highest BCUT2D eigenvalue weighted by Crippen LogP contribution is 2.36. The van der Waals surface area contributed by atoms with Gasteiger partial charge in [-0.1, -0.05) is 18.6 Å². The van der Waals surface area contributed by atoms with Gasteiger partial charge in [0.2, 0.25) is 16.1 Å². The number of hydrogen-bond acceptors (Lipinski definition) is 7. The van der Waals surface area contributed by atoms with Crippen molar-refractivity contribution in [3.8, 4) is 11.5 Å². The second-order valence-electron chi connectivity index (χ2n) is 8.34. The van der Waals surface area contributed by atoms with Crippen molar-refractivity contribution in [3.05, 3.63) is 48.0 Å². The average molecular weight is 489 g/mol. The Balaban J connectivity index is 1.74. The van der Waals surface area contributed by atoms with Crippen LogP contribution in [0.2, 0.25) is 0 Å². The SMILES string of the molecule is COC(=O)C1CN(C(=O)c2ccc(OC)c(S(=O)(=O)N3CCCCC3C)c2)c2ccccc2O1. The molecule has 0 aliphatic carbocycles. The summed E-state index contributed by atoms with van der Waals surface area (Å²) < 4.78 is 44.4. The number of hydrogen-bond donors (Lipinski definition) is 0. The average Bonchev–Trinajstić information content (AvgIpc) is 2.86. The zero-order valence-electron chi connectivity index (χ0n) is 19.4. The van der Waals surface area contributed by atoms with E-state index < -0.39 is 28.0 Å². The molecule has 10 heteroatoms. The molecule has 0 N–H and O–H groups in total. The number of carbonyl (C=O) groups excluding carboxylic acids is 2. The van der Waals surface area contributed by atoms with Crippen molar-refractivity contribution in [2.24, 2.45) is 0 Å². The Kier molecular flexibility index (Phi) is 6.81. The highest BCUT2D eigenvalue weighted by molar-refractivity contribution is 7.89. The lowest BCUT2D eigenvalue weighted by molar-refractivity contribution is -0.148. The van der Waals surface area contributed by atoms with E-state index in [4.69, 9.17) is 14.2 Å². The van der Waals surface area contributed by atoms with Crippen molar-refractivity contribution in [2.75, 3.05) is 32.2 Å². The summed E-state index contributed by atoms with van der Waals surface area (Å²) in [7, 11) is -1.24. The fraction of sp³-hybridized carbons (Fsp3) is 0.417. The maximum Gasteiger partial charge on any atom is 0.348 e. The second kappa shape index (κ2) is 9.63. The first-order chi connectivity index (χ1) is 16.3. The Labute approximate surface area is 199 Å². The molecule has 4 rings (SSSR count). The topological polar surface area (TPSA) is 102 Å². The van der Waals surface area contributed by atoms with E-state index in [-0.39, 0.29) is 28.8 Å². The van der Waals surface area contributed by atoms with E-state index in [0.29, 0.717) is 18.0 Å².